The monoisotopic (exact) mass is 508 g/mol. The highest BCUT2D eigenvalue weighted by atomic mass is 16.4. The molecule has 0 aliphatic heterocycles. The first-order valence-corrected chi connectivity index (χ1v) is 11.6. The molecule has 13 nitrogen and oxygen atoms in total. The first-order chi connectivity index (χ1) is 16.9. The molecule has 0 heterocycles. The normalized spacial score (nSPS) is 14.1. The van der Waals surface area contributed by atoms with Crippen LogP contribution in [-0.2, 0) is 30.4 Å². The average molecular weight is 509 g/mol. The molecule has 4 amide bonds. The van der Waals surface area contributed by atoms with Crippen LogP contribution in [0.3, 0.4) is 0 Å². The minimum atomic E-state index is -1.27. The van der Waals surface area contributed by atoms with Crippen LogP contribution >= 0.6 is 0 Å². The third-order valence-corrected chi connectivity index (χ3v) is 5.36. The van der Waals surface area contributed by atoms with Gasteiger partial charge in [0.05, 0.1) is 6.04 Å². The highest BCUT2D eigenvalue weighted by molar-refractivity contribution is 5.94. The average Bonchev–Trinajstić information content (AvgIpc) is 2.82. The molecule has 1 aromatic carbocycles. The lowest BCUT2D eigenvalue weighted by Gasteiger charge is -2.25. The van der Waals surface area contributed by atoms with Crippen LogP contribution in [0.1, 0.15) is 44.6 Å². The molecule has 4 unspecified atom stereocenters. The lowest BCUT2D eigenvalue weighted by atomic mass is 10.0. The number of hydrogen-bond acceptors (Lipinski definition) is 8. The number of aromatic hydroxyl groups is 1. The van der Waals surface area contributed by atoms with Gasteiger partial charge in [-0.25, -0.2) is 0 Å². The van der Waals surface area contributed by atoms with Gasteiger partial charge in [0.1, 0.15) is 23.9 Å². The number of phenols is 1. The van der Waals surface area contributed by atoms with E-state index < -0.39 is 53.8 Å². The summed E-state index contributed by atoms with van der Waals surface area (Å²) in [5, 5.41) is 25.9. The van der Waals surface area contributed by atoms with E-state index in [-0.39, 0.29) is 25.0 Å². The molecule has 0 saturated heterocycles. The van der Waals surface area contributed by atoms with Crippen LogP contribution in [0.15, 0.2) is 24.3 Å². The van der Waals surface area contributed by atoms with E-state index in [0.29, 0.717) is 31.4 Å². The minimum absolute atomic E-state index is 0.000293. The number of rotatable bonds is 16. The number of aliphatic carboxylic acids is 1. The zero-order valence-electron chi connectivity index (χ0n) is 20.2. The highest BCUT2D eigenvalue weighted by Gasteiger charge is 2.29. The molecular weight excluding hydrogens is 472 g/mol. The summed E-state index contributed by atoms with van der Waals surface area (Å²) in [4.78, 5) is 60.9. The molecule has 0 radical (unpaired) electrons. The van der Waals surface area contributed by atoms with E-state index in [9.17, 15) is 29.1 Å². The summed E-state index contributed by atoms with van der Waals surface area (Å²) in [7, 11) is 0. The van der Waals surface area contributed by atoms with Gasteiger partial charge in [-0.3, -0.25) is 24.0 Å². The Labute approximate surface area is 209 Å². The predicted molar refractivity (Wildman–Crippen MR) is 130 cm³/mol. The molecule has 1 aromatic rings. The second-order valence-corrected chi connectivity index (χ2v) is 8.46. The predicted octanol–water partition coefficient (Wildman–Crippen LogP) is -1.78. The summed E-state index contributed by atoms with van der Waals surface area (Å²) in [5.41, 5.74) is 17.1. The van der Waals surface area contributed by atoms with E-state index in [2.05, 4.69) is 16.0 Å². The maximum Gasteiger partial charge on any atom is 0.325 e. The molecule has 1 rings (SSSR count). The second kappa shape index (κ2) is 15.3. The maximum atomic E-state index is 13.1. The van der Waals surface area contributed by atoms with Crippen LogP contribution in [-0.4, -0.2) is 70.5 Å². The van der Waals surface area contributed by atoms with E-state index in [1.807, 2.05) is 0 Å². The van der Waals surface area contributed by atoms with Crippen molar-refractivity contribution in [1.82, 2.24) is 16.0 Å². The smallest absolute Gasteiger partial charge is 0.325 e. The molecular formula is C23H36N6O7. The van der Waals surface area contributed by atoms with Crippen LogP contribution in [0.25, 0.3) is 0 Å². The zero-order valence-corrected chi connectivity index (χ0v) is 20.2. The number of unbranched alkanes of at least 4 members (excludes halogenated alkanes) is 1. The molecule has 4 atom stereocenters. The van der Waals surface area contributed by atoms with Gasteiger partial charge in [-0.05, 0) is 50.4 Å². The van der Waals surface area contributed by atoms with E-state index in [4.69, 9.17) is 22.3 Å². The van der Waals surface area contributed by atoms with Crippen molar-refractivity contribution in [2.75, 3.05) is 6.54 Å². The van der Waals surface area contributed by atoms with E-state index in [1.165, 1.54) is 31.2 Å². The molecule has 13 heteroatoms. The van der Waals surface area contributed by atoms with Gasteiger partial charge in [-0.1, -0.05) is 18.6 Å². The Morgan fingerprint density at radius 1 is 0.889 bits per heavy atom. The zero-order chi connectivity index (χ0) is 27.3. The quantitative estimate of drug-likeness (QED) is 0.117. The van der Waals surface area contributed by atoms with E-state index in [0.717, 1.165) is 0 Å². The largest absolute Gasteiger partial charge is 0.508 e. The van der Waals surface area contributed by atoms with Crippen molar-refractivity contribution in [2.24, 2.45) is 17.2 Å². The molecule has 0 aliphatic carbocycles. The van der Waals surface area contributed by atoms with Crippen molar-refractivity contribution in [3.63, 3.8) is 0 Å². The number of carboxylic acid groups (broad SMARTS) is 1. The van der Waals surface area contributed by atoms with Gasteiger partial charge in [0.25, 0.3) is 0 Å². The Morgan fingerprint density at radius 3 is 2.03 bits per heavy atom. The Hall–Kier alpha value is -3.71. The number of phenolic OH excluding ortho intramolecular Hbond substituents is 1. The summed E-state index contributed by atoms with van der Waals surface area (Å²) in [6.45, 7) is 1.71. The van der Waals surface area contributed by atoms with Crippen LogP contribution in [0.5, 0.6) is 5.75 Å². The van der Waals surface area contributed by atoms with E-state index >= 15 is 0 Å². The van der Waals surface area contributed by atoms with Crippen molar-refractivity contribution < 1.29 is 34.2 Å². The molecule has 200 valence electrons. The molecule has 0 fully saturated rings. The van der Waals surface area contributed by atoms with Crippen LogP contribution in [0.4, 0.5) is 0 Å². The number of nitrogens with one attached hydrogen (secondary N) is 3. The minimum Gasteiger partial charge on any atom is -0.508 e. The fourth-order valence-electron chi connectivity index (χ4n) is 3.20. The first-order valence-electron chi connectivity index (χ1n) is 11.6. The SMILES string of the molecule is CC(NC(=O)C(Cc1ccc(O)cc1)NC(=O)C(CCC(N)=O)NC(=O)C(N)CCCCN)C(=O)O. The van der Waals surface area contributed by atoms with Crippen molar-refractivity contribution >= 4 is 29.6 Å². The van der Waals surface area contributed by atoms with Crippen LogP contribution < -0.4 is 33.2 Å². The van der Waals surface area contributed by atoms with Crippen molar-refractivity contribution in [3.05, 3.63) is 29.8 Å². The summed E-state index contributed by atoms with van der Waals surface area (Å²) < 4.78 is 0. The molecule has 0 saturated carbocycles. The molecule has 0 spiro atoms. The topological polar surface area (TPSA) is 240 Å². The fraction of sp³-hybridized carbons (Fsp3) is 0.522. The lowest BCUT2D eigenvalue weighted by Crippen LogP contribution is -2.57. The highest BCUT2D eigenvalue weighted by Crippen LogP contribution is 2.12. The van der Waals surface area contributed by atoms with Crippen molar-refractivity contribution in [1.29, 1.82) is 0 Å². The number of carbonyl (C=O) groups is 5. The Morgan fingerprint density at radius 2 is 1.47 bits per heavy atom. The van der Waals surface area contributed by atoms with Crippen LogP contribution in [0.2, 0.25) is 0 Å². The number of amides is 4. The first kappa shape index (κ1) is 30.3. The molecule has 0 bridgehead atoms. The van der Waals surface area contributed by atoms with Crippen LogP contribution in [0, 0.1) is 0 Å². The fourth-order valence-corrected chi connectivity index (χ4v) is 3.20. The number of nitrogens with two attached hydrogens (primary N) is 3. The lowest BCUT2D eigenvalue weighted by molar-refractivity contribution is -0.141. The second-order valence-electron chi connectivity index (χ2n) is 8.46. The number of hydrogen-bond donors (Lipinski definition) is 8. The van der Waals surface area contributed by atoms with Crippen molar-refractivity contribution in [3.8, 4) is 5.75 Å². The molecule has 11 N–H and O–H groups in total. The maximum absolute atomic E-state index is 13.1. The Bertz CT molecular complexity index is 909. The van der Waals surface area contributed by atoms with Gasteiger partial charge >= 0.3 is 5.97 Å². The van der Waals surface area contributed by atoms with Gasteiger partial charge in [0.15, 0.2) is 0 Å². The number of carbonyl (C=O) groups excluding carboxylic acids is 4. The molecule has 0 aliphatic rings. The standard InChI is InChI=1S/C23H36N6O7/c1-13(23(35)36)27-22(34)18(12-14-5-7-15(30)8-6-14)29-21(33)17(9-10-19(26)31)28-20(32)16(25)4-2-3-11-24/h5-8,13,16-18,30H,2-4,9-12,24-25H2,1H3,(H2,26,31)(H,27,34)(H,28,32)(H,29,33)(H,35,36). The van der Waals surface area contributed by atoms with Gasteiger partial charge in [0, 0.05) is 12.8 Å². The third kappa shape index (κ3) is 11.1. The summed E-state index contributed by atoms with van der Waals surface area (Å²) in [6, 6.07) is 1.28. The Kier molecular flexibility index (Phi) is 12.9. The Balaban J connectivity index is 3.05. The van der Waals surface area contributed by atoms with Gasteiger partial charge in [0.2, 0.25) is 23.6 Å². The number of benzene rings is 1. The van der Waals surface area contributed by atoms with E-state index in [1.54, 1.807) is 0 Å². The number of primary amides is 1. The van der Waals surface area contributed by atoms with Gasteiger partial charge in [-0.2, -0.15) is 0 Å². The van der Waals surface area contributed by atoms with Gasteiger partial charge in [-0.15, -0.1) is 0 Å². The molecule has 36 heavy (non-hydrogen) atoms. The summed E-state index contributed by atoms with van der Waals surface area (Å²) in [5.74, 6) is -4.13. The van der Waals surface area contributed by atoms with Crippen molar-refractivity contribution in [2.45, 2.75) is 69.6 Å². The third-order valence-electron chi connectivity index (χ3n) is 5.36. The van der Waals surface area contributed by atoms with Gasteiger partial charge < -0.3 is 43.4 Å². The summed E-state index contributed by atoms with van der Waals surface area (Å²) >= 11 is 0. The summed E-state index contributed by atoms with van der Waals surface area (Å²) in [6.07, 6.45) is 1.23. The molecule has 0 aromatic heterocycles. The number of carboxylic acids is 1.